The number of benzene rings is 3. The molecule has 0 aliphatic carbocycles. The van der Waals surface area contributed by atoms with Crippen molar-refractivity contribution in [3.05, 3.63) is 114 Å². The number of carbonyl (C=O) groups excluding carboxylic acids is 1. The molecule has 3 N–H and O–H groups in total. The molecular formula is C35H35N7O2S2. The molecule has 6 rings (SSSR count). The number of thioether (sulfide) groups is 1. The number of phenols is 1. The number of urea groups is 1. The third-order valence-electron chi connectivity index (χ3n) is 7.90. The molecule has 0 unspecified atom stereocenters. The molecule has 46 heavy (non-hydrogen) atoms. The summed E-state index contributed by atoms with van der Waals surface area (Å²) in [7, 11) is 0. The molecule has 0 bridgehead atoms. The topological polar surface area (TPSA) is 115 Å². The zero-order valence-electron chi connectivity index (χ0n) is 26.3. The molecule has 0 spiro atoms. The Hall–Kier alpha value is -4.74. The highest BCUT2D eigenvalue weighted by Gasteiger charge is 2.28. The number of rotatable bonds is 9. The standard InChI is InChI=1S/C35H35N7O2S2/c1-22-9-8-11-25(17-22)42-32(19-30(39-42)35(3,4)45-5)41(34(36)44)20-24-10-6-7-12-29(24)46-26-14-16-31-37-38-33(40(31)21-26)27-15-13-23(2)18-28(27)43/h6-19,21,43H,20H2,1-5H3,(H2,36,44). The second-order valence-corrected chi connectivity index (χ2v) is 14.2. The number of aryl methyl sites for hydroxylation is 2. The van der Waals surface area contributed by atoms with Crippen LogP contribution < -0.4 is 10.6 Å². The van der Waals surface area contributed by atoms with Crippen LogP contribution in [0.25, 0.3) is 22.7 Å². The maximum atomic E-state index is 13.1. The summed E-state index contributed by atoms with van der Waals surface area (Å²) in [5.74, 6) is 1.30. The van der Waals surface area contributed by atoms with Gasteiger partial charge in [-0.3, -0.25) is 9.30 Å². The van der Waals surface area contributed by atoms with E-state index in [1.54, 1.807) is 34.5 Å². The average Bonchev–Trinajstić information content (AvgIpc) is 3.66. The number of primary amides is 1. The zero-order chi connectivity index (χ0) is 32.6. The van der Waals surface area contributed by atoms with Crippen molar-refractivity contribution in [2.45, 2.75) is 48.8 Å². The Morgan fingerprint density at radius 3 is 2.48 bits per heavy atom. The van der Waals surface area contributed by atoms with Gasteiger partial charge in [-0.05, 0) is 93.1 Å². The first kappa shape index (κ1) is 31.3. The molecule has 0 atom stereocenters. The highest BCUT2D eigenvalue weighted by atomic mass is 32.2. The minimum atomic E-state index is -0.574. The quantitative estimate of drug-likeness (QED) is 0.165. The van der Waals surface area contributed by atoms with Crippen LogP contribution in [0.3, 0.4) is 0 Å². The van der Waals surface area contributed by atoms with E-state index in [9.17, 15) is 9.90 Å². The van der Waals surface area contributed by atoms with Crippen LogP contribution >= 0.6 is 23.5 Å². The number of aromatic hydroxyl groups is 1. The minimum Gasteiger partial charge on any atom is -0.507 e. The Morgan fingerprint density at radius 2 is 1.74 bits per heavy atom. The number of aromatic nitrogens is 5. The second-order valence-electron chi connectivity index (χ2n) is 11.6. The molecule has 234 valence electrons. The van der Waals surface area contributed by atoms with Gasteiger partial charge in [-0.25, -0.2) is 9.48 Å². The monoisotopic (exact) mass is 649 g/mol. The molecule has 2 amide bonds. The zero-order valence-corrected chi connectivity index (χ0v) is 27.9. The van der Waals surface area contributed by atoms with E-state index < -0.39 is 6.03 Å². The number of anilines is 1. The number of nitrogens with two attached hydrogens (primary N) is 1. The van der Waals surface area contributed by atoms with Crippen molar-refractivity contribution >= 4 is 41.0 Å². The van der Waals surface area contributed by atoms with Crippen LogP contribution in [0.4, 0.5) is 10.6 Å². The Morgan fingerprint density at radius 1 is 0.957 bits per heavy atom. The molecule has 0 radical (unpaired) electrons. The number of nitrogens with zero attached hydrogens (tertiary/aromatic N) is 6. The number of fused-ring (bicyclic) bond motifs is 1. The first-order chi connectivity index (χ1) is 22.0. The number of phenolic OH excluding ortho intramolecular Hbond substituents is 1. The normalized spacial score (nSPS) is 11.7. The summed E-state index contributed by atoms with van der Waals surface area (Å²) in [5, 5.41) is 24.3. The molecule has 3 heterocycles. The van der Waals surface area contributed by atoms with Gasteiger partial charge in [0.15, 0.2) is 11.5 Å². The summed E-state index contributed by atoms with van der Waals surface area (Å²) in [6.07, 6.45) is 4.01. The van der Waals surface area contributed by atoms with Gasteiger partial charge in [0, 0.05) is 22.1 Å². The Balaban J connectivity index is 1.37. The lowest BCUT2D eigenvalue weighted by atomic mass is 10.1. The molecule has 9 nitrogen and oxygen atoms in total. The van der Waals surface area contributed by atoms with E-state index in [2.05, 4.69) is 24.0 Å². The van der Waals surface area contributed by atoms with Gasteiger partial charge in [-0.15, -0.1) is 10.2 Å². The molecule has 0 aliphatic rings. The summed E-state index contributed by atoms with van der Waals surface area (Å²) in [6.45, 7) is 8.43. The fraction of sp³-hybridized carbons (Fsp3) is 0.200. The summed E-state index contributed by atoms with van der Waals surface area (Å²) < 4.78 is 3.40. The predicted molar refractivity (Wildman–Crippen MR) is 186 cm³/mol. The van der Waals surface area contributed by atoms with E-state index in [1.807, 2.05) is 114 Å². The van der Waals surface area contributed by atoms with Crippen molar-refractivity contribution in [2.75, 3.05) is 11.2 Å². The van der Waals surface area contributed by atoms with Gasteiger partial charge in [-0.1, -0.05) is 48.2 Å². The Kier molecular flexibility index (Phi) is 8.54. The third-order valence-corrected chi connectivity index (χ3v) is 10.2. The minimum absolute atomic E-state index is 0.151. The Labute approximate surface area is 276 Å². The molecular weight excluding hydrogens is 615 g/mol. The van der Waals surface area contributed by atoms with Gasteiger partial charge in [-0.2, -0.15) is 16.9 Å². The smallest absolute Gasteiger partial charge is 0.320 e. The van der Waals surface area contributed by atoms with E-state index in [0.29, 0.717) is 22.9 Å². The van der Waals surface area contributed by atoms with E-state index >= 15 is 0 Å². The average molecular weight is 650 g/mol. The maximum absolute atomic E-state index is 13.1. The van der Waals surface area contributed by atoms with Crippen LogP contribution in [-0.2, 0) is 11.3 Å². The van der Waals surface area contributed by atoms with E-state index in [1.165, 1.54) is 0 Å². The van der Waals surface area contributed by atoms with Crippen molar-refractivity contribution in [2.24, 2.45) is 5.73 Å². The van der Waals surface area contributed by atoms with Crippen LogP contribution in [0, 0.1) is 13.8 Å². The van der Waals surface area contributed by atoms with E-state index in [4.69, 9.17) is 10.8 Å². The third kappa shape index (κ3) is 6.20. The van der Waals surface area contributed by atoms with Crippen molar-refractivity contribution in [3.63, 3.8) is 0 Å². The van der Waals surface area contributed by atoms with Gasteiger partial charge in [0.2, 0.25) is 0 Å². The fourth-order valence-electron chi connectivity index (χ4n) is 5.16. The lowest BCUT2D eigenvalue weighted by Gasteiger charge is -2.23. The van der Waals surface area contributed by atoms with Gasteiger partial charge < -0.3 is 10.8 Å². The van der Waals surface area contributed by atoms with Gasteiger partial charge >= 0.3 is 6.03 Å². The summed E-state index contributed by atoms with van der Waals surface area (Å²) >= 11 is 3.26. The summed E-state index contributed by atoms with van der Waals surface area (Å²) in [4.78, 5) is 16.6. The van der Waals surface area contributed by atoms with Gasteiger partial charge in [0.25, 0.3) is 0 Å². The molecule has 11 heteroatoms. The number of carbonyl (C=O) groups is 1. The molecule has 3 aromatic carbocycles. The highest BCUT2D eigenvalue weighted by Crippen LogP contribution is 2.38. The van der Waals surface area contributed by atoms with E-state index in [-0.39, 0.29) is 17.0 Å². The summed E-state index contributed by atoms with van der Waals surface area (Å²) in [6, 6.07) is 26.8. The number of hydrogen-bond acceptors (Lipinski definition) is 7. The van der Waals surface area contributed by atoms with Crippen LogP contribution in [0.15, 0.2) is 101 Å². The number of amides is 2. The SMILES string of the molecule is CSC(C)(C)c1cc(N(Cc2ccccc2Sc2ccc3nnc(-c4ccc(C)cc4O)n3c2)C(N)=O)n(-c2cccc(C)c2)n1. The van der Waals surface area contributed by atoms with Crippen LogP contribution in [0.2, 0.25) is 0 Å². The lowest BCUT2D eigenvalue weighted by Crippen LogP contribution is -2.36. The Bertz CT molecular complexity index is 2070. The van der Waals surface area contributed by atoms with Gasteiger partial charge in [0.1, 0.15) is 11.6 Å². The van der Waals surface area contributed by atoms with E-state index in [0.717, 1.165) is 37.9 Å². The fourth-order valence-corrected chi connectivity index (χ4v) is 6.43. The van der Waals surface area contributed by atoms with Crippen LogP contribution in [0.5, 0.6) is 5.75 Å². The molecule has 3 aromatic heterocycles. The highest BCUT2D eigenvalue weighted by molar-refractivity contribution is 7.99. The molecule has 6 aromatic rings. The van der Waals surface area contributed by atoms with Crippen LogP contribution in [-0.4, -0.2) is 41.8 Å². The predicted octanol–water partition coefficient (Wildman–Crippen LogP) is 7.74. The second kappa shape index (κ2) is 12.6. The van der Waals surface area contributed by atoms with Gasteiger partial charge in [0.05, 0.1) is 28.2 Å². The first-order valence-corrected chi connectivity index (χ1v) is 16.8. The van der Waals surface area contributed by atoms with Crippen molar-refractivity contribution in [3.8, 4) is 22.8 Å². The van der Waals surface area contributed by atoms with Crippen molar-refractivity contribution in [1.29, 1.82) is 0 Å². The number of hydrogen-bond donors (Lipinski definition) is 2. The number of pyridine rings is 1. The molecule has 0 fully saturated rings. The lowest BCUT2D eigenvalue weighted by molar-refractivity contribution is 0.253. The largest absolute Gasteiger partial charge is 0.507 e. The van der Waals surface area contributed by atoms with Crippen LogP contribution in [0.1, 0.15) is 36.2 Å². The maximum Gasteiger partial charge on any atom is 0.320 e. The molecule has 0 saturated heterocycles. The van der Waals surface area contributed by atoms with Crippen molar-refractivity contribution in [1.82, 2.24) is 24.4 Å². The first-order valence-electron chi connectivity index (χ1n) is 14.7. The molecule has 0 aliphatic heterocycles. The van der Waals surface area contributed by atoms with Crippen molar-refractivity contribution < 1.29 is 9.90 Å². The summed E-state index contributed by atoms with van der Waals surface area (Å²) in [5.41, 5.74) is 12.0. The molecule has 0 saturated carbocycles.